The lowest BCUT2D eigenvalue weighted by Crippen LogP contribution is -2.27. The summed E-state index contributed by atoms with van der Waals surface area (Å²) >= 11 is 0. The molecule has 0 unspecified atom stereocenters. The van der Waals surface area contributed by atoms with E-state index in [1.54, 1.807) is 21.3 Å². The van der Waals surface area contributed by atoms with Crippen molar-refractivity contribution in [2.45, 2.75) is 13.0 Å². The van der Waals surface area contributed by atoms with E-state index in [9.17, 15) is 0 Å². The third-order valence-electron chi connectivity index (χ3n) is 6.22. The van der Waals surface area contributed by atoms with Crippen molar-refractivity contribution in [2.75, 3.05) is 34.9 Å². The maximum absolute atomic E-state index is 5.75. The molecule has 0 fully saturated rings. The van der Waals surface area contributed by atoms with Gasteiger partial charge in [-0.15, -0.1) is 0 Å². The molecule has 1 aliphatic heterocycles. The Hall–Kier alpha value is -3.31. The van der Waals surface area contributed by atoms with E-state index in [1.165, 1.54) is 27.3 Å². The molecule has 0 atom stereocenters. The first-order chi connectivity index (χ1) is 15.1. The molecule has 4 aromatic rings. The average Bonchev–Trinajstić information content (AvgIpc) is 2.82. The van der Waals surface area contributed by atoms with Gasteiger partial charge in [0.2, 0.25) is 0 Å². The molecule has 0 spiro atoms. The van der Waals surface area contributed by atoms with Crippen molar-refractivity contribution >= 4 is 21.7 Å². The van der Waals surface area contributed by atoms with Crippen molar-refractivity contribution in [2.24, 2.45) is 0 Å². The number of hydrogen-bond acceptors (Lipinski definition) is 5. The number of ether oxygens (including phenoxy) is 3. The lowest BCUT2D eigenvalue weighted by atomic mass is 9.89. The first-order valence-electron chi connectivity index (χ1n) is 10.5. The summed E-state index contributed by atoms with van der Waals surface area (Å²) < 4.78 is 16.8. The van der Waals surface area contributed by atoms with Crippen LogP contribution in [0.15, 0.2) is 48.5 Å². The number of likely N-dealkylation sites (N-methyl/N-ethyl adjacent to an activating group) is 1. The Labute approximate surface area is 182 Å². The fraction of sp³-hybridized carbons (Fsp3) is 0.269. The van der Waals surface area contributed by atoms with E-state index in [2.05, 4.69) is 48.3 Å². The summed E-state index contributed by atoms with van der Waals surface area (Å²) in [6, 6.07) is 16.7. The molecule has 31 heavy (non-hydrogen) atoms. The van der Waals surface area contributed by atoms with Crippen LogP contribution < -0.4 is 14.2 Å². The monoisotopic (exact) mass is 414 g/mol. The zero-order valence-electron chi connectivity index (χ0n) is 18.4. The van der Waals surface area contributed by atoms with E-state index in [1.807, 2.05) is 12.1 Å². The number of methoxy groups -OCH3 is 3. The molecule has 0 N–H and O–H groups in total. The SMILES string of the molecule is COc1cc(OC)c(-c2nc3ccc4ccccc4c3c3c2CN(C)CC3)cc1OC. The first kappa shape index (κ1) is 19.6. The van der Waals surface area contributed by atoms with Gasteiger partial charge in [0.25, 0.3) is 0 Å². The standard InChI is InChI=1S/C26H26N2O3/c1-28-12-11-18-20(15-28)26(19-13-23(30-3)24(31-4)14-22(19)29-2)27-21-10-9-16-7-5-6-8-17(16)25(18)21/h5-10,13-14H,11-12,15H2,1-4H3. The number of pyridine rings is 1. The molecule has 0 amide bonds. The molecule has 0 saturated heterocycles. The second-order valence-electron chi connectivity index (χ2n) is 7.99. The Balaban J connectivity index is 1.87. The molecular weight excluding hydrogens is 388 g/mol. The predicted molar refractivity (Wildman–Crippen MR) is 124 cm³/mol. The summed E-state index contributed by atoms with van der Waals surface area (Å²) in [6.07, 6.45) is 0.988. The first-order valence-corrected chi connectivity index (χ1v) is 10.5. The van der Waals surface area contributed by atoms with Crippen LogP contribution in [0.25, 0.3) is 32.9 Å². The highest BCUT2D eigenvalue weighted by molar-refractivity contribution is 6.09. The summed E-state index contributed by atoms with van der Waals surface area (Å²) in [5, 5.41) is 3.78. The van der Waals surface area contributed by atoms with Gasteiger partial charge >= 0.3 is 0 Å². The number of nitrogens with zero attached hydrogens (tertiary/aromatic N) is 2. The van der Waals surface area contributed by atoms with Gasteiger partial charge in [-0.25, -0.2) is 4.98 Å². The maximum Gasteiger partial charge on any atom is 0.164 e. The Kier molecular flexibility index (Phi) is 4.91. The number of fused-ring (bicyclic) bond motifs is 5. The lowest BCUT2D eigenvalue weighted by Gasteiger charge is -2.29. The predicted octanol–water partition coefficient (Wildman–Crippen LogP) is 5.07. The van der Waals surface area contributed by atoms with Gasteiger partial charge in [-0.3, -0.25) is 0 Å². The number of benzene rings is 3. The van der Waals surface area contributed by atoms with Crippen LogP contribution in [0.4, 0.5) is 0 Å². The molecule has 5 rings (SSSR count). The van der Waals surface area contributed by atoms with Crippen molar-refractivity contribution in [1.29, 1.82) is 0 Å². The van der Waals surface area contributed by atoms with Crippen LogP contribution in [-0.4, -0.2) is 44.8 Å². The van der Waals surface area contributed by atoms with Gasteiger partial charge in [-0.1, -0.05) is 30.3 Å². The van der Waals surface area contributed by atoms with E-state index in [-0.39, 0.29) is 0 Å². The van der Waals surface area contributed by atoms with Crippen LogP contribution in [0.1, 0.15) is 11.1 Å². The molecule has 1 aromatic heterocycles. The minimum absolute atomic E-state index is 0.640. The molecule has 0 radical (unpaired) electrons. The third-order valence-corrected chi connectivity index (χ3v) is 6.22. The van der Waals surface area contributed by atoms with E-state index >= 15 is 0 Å². The van der Waals surface area contributed by atoms with Crippen LogP contribution in [0.5, 0.6) is 17.2 Å². The highest BCUT2D eigenvalue weighted by atomic mass is 16.5. The van der Waals surface area contributed by atoms with Crippen molar-refractivity contribution in [3.63, 3.8) is 0 Å². The highest BCUT2D eigenvalue weighted by Gasteiger charge is 2.25. The van der Waals surface area contributed by atoms with Crippen LogP contribution in [0.3, 0.4) is 0 Å². The molecule has 0 aliphatic carbocycles. The second kappa shape index (κ2) is 7.75. The molecule has 5 nitrogen and oxygen atoms in total. The topological polar surface area (TPSA) is 43.8 Å². The van der Waals surface area contributed by atoms with E-state index in [4.69, 9.17) is 19.2 Å². The summed E-state index contributed by atoms with van der Waals surface area (Å²) in [4.78, 5) is 7.52. The van der Waals surface area contributed by atoms with Gasteiger partial charge in [-0.2, -0.15) is 0 Å². The lowest BCUT2D eigenvalue weighted by molar-refractivity contribution is 0.314. The third kappa shape index (κ3) is 3.17. The van der Waals surface area contributed by atoms with Gasteiger partial charge in [0.05, 0.1) is 32.5 Å². The Morgan fingerprint density at radius 3 is 2.35 bits per heavy atom. The number of rotatable bonds is 4. The van der Waals surface area contributed by atoms with Gasteiger partial charge in [0.15, 0.2) is 11.5 Å². The van der Waals surface area contributed by atoms with Crippen molar-refractivity contribution in [3.8, 4) is 28.5 Å². The smallest absolute Gasteiger partial charge is 0.164 e. The molecule has 0 bridgehead atoms. The zero-order valence-corrected chi connectivity index (χ0v) is 18.4. The van der Waals surface area contributed by atoms with Crippen molar-refractivity contribution in [3.05, 3.63) is 59.7 Å². The average molecular weight is 415 g/mol. The molecule has 2 heterocycles. The Morgan fingerprint density at radius 1 is 0.839 bits per heavy atom. The van der Waals surface area contributed by atoms with E-state index in [0.29, 0.717) is 11.5 Å². The minimum Gasteiger partial charge on any atom is -0.496 e. The fourth-order valence-corrected chi connectivity index (χ4v) is 4.69. The molecule has 158 valence electrons. The summed E-state index contributed by atoms with van der Waals surface area (Å²) in [5.41, 5.74) is 5.51. The Morgan fingerprint density at radius 2 is 1.58 bits per heavy atom. The molecule has 5 heteroatoms. The largest absolute Gasteiger partial charge is 0.496 e. The van der Waals surface area contributed by atoms with E-state index in [0.717, 1.165) is 42.0 Å². The summed E-state index contributed by atoms with van der Waals surface area (Å²) in [6.45, 7) is 1.87. The van der Waals surface area contributed by atoms with Gasteiger partial charge in [0, 0.05) is 30.1 Å². The van der Waals surface area contributed by atoms with E-state index < -0.39 is 0 Å². The number of aromatic nitrogens is 1. The Bertz CT molecular complexity index is 1300. The molecular formula is C26H26N2O3. The fourth-order valence-electron chi connectivity index (χ4n) is 4.69. The molecule has 0 saturated carbocycles. The quantitative estimate of drug-likeness (QED) is 0.436. The van der Waals surface area contributed by atoms with Crippen LogP contribution in [-0.2, 0) is 13.0 Å². The van der Waals surface area contributed by atoms with Crippen molar-refractivity contribution in [1.82, 2.24) is 9.88 Å². The second-order valence-corrected chi connectivity index (χ2v) is 7.99. The number of hydrogen-bond donors (Lipinski definition) is 0. The van der Waals surface area contributed by atoms with Gasteiger partial charge in [-0.05, 0) is 47.5 Å². The van der Waals surface area contributed by atoms with Crippen LogP contribution in [0.2, 0.25) is 0 Å². The van der Waals surface area contributed by atoms with Gasteiger partial charge in [0.1, 0.15) is 5.75 Å². The minimum atomic E-state index is 0.640. The van der Waals surface area contributed by atoms with Gasteiger partial charge < -0.3 is 19.1 Å². The van der Waals surface area contributed by atoms with Crippen LogP contribution in [0, 0.1) is 0 Å². The van der Waals surface area contributed by atoms with Crippen LogP contribution >= 0.6 is 0 Å². The normalized spacial score (nSPS) is 13.9. The zero-order chi connectivity index (χ0) is 21.5. The highest BCUT2D eigenvalue weighted by Crippen LogP contribution is 2.43. The summed E-state index contributed by atoms with van der Waals surface area (Å²) in [5.74, 6) is 2.03. The maximum atomic E-state index is 5.75. The molecule has 3 aromatic carbocycles. The molecule has 1 aliphatic rings. The van der Waals surface area contributed by atoms with Crippen molar-refractivity contribution < 1.29 is 14.2 Å². The summed E-state index contributed by atoms with van der Waals surface area (Å²) in [7, 11) is 7.12.